The highest BCUT2D eigenvalue weighted by molar-refractivity contribution is 6.07. The van der Waals surface area contributed by atoms with Gasteiger partial charge in [-0.25, -0.2) is 9.69 Å². The number of urea groups is 1. The summed E-state index contributed by atoms with van der Waals surface area (Å²) >= 11 is 0. The van der Waals surface area contributed by atoms with Crippen molar-refractivity contribution in [1.29, 1.82) is 0 Å². The number of carbonyl (C=O) groups excluding carboxylic acids is 3. The van der Waals surface area contributed by atoms with Gasteiger partial charge in [0.05, 0.1) is 13.2 Å². The van der Waals surface area contributed by atoms with E-state index >= 15 is 0 Å². The Morgan fingerprint density at radius 1 is 1.13 bits per heavy atom. The average Bonchev–Trinajstić information content (AvgIpc) is 2.91. The van der Waals surface area contributed by atoms with Crippen LogP contribution in [0.5, 0.6) is 0 Å². The lowest BCUT2D eigenvalue weighted by Crippen LogP contribution is -2.53. The molecule has 4 amide bonds. The number of piperazine rings is 1. The Morgan fingerprint density at radius 3 is 2.65 bits per heavy atom. The highest BCUT2D eigenvalue weighted by Gasteiger charge is 2.53. The van der Waals surface area contributed by atoms with Gasteiger partial charge in [-0.15, -0.1) is 6.58 Å². The molecule has 0 saturated carbocycles. The zero-order chi connectivity index (χ0) is 21.8. The van der Waals surface area contributed by atoms with Crippen LogP contribution in [0.3, 0.4) is 0 Å². The fourth-order valence-electron chi connectivity index (χ4n) is 4.84. The van der Waals surface area contributed by atoms with Crippen molar-refractivity contribution in [3.8, 4) is 0 Å². The summed E-state index contributed by atoms with van der Waals surface area (Å²) in [5.74, 6) is -0.158. The normalized spacial score (nSPS) is 24.6. The maximum Gasteiger partial charge on any atom is 0.326 e. The van der Waals surface area contributed by atoms with Gasteiger partial charge in [-0.2, -0.15) is 0 Å². The number of hydrogen-bond donors (Lipinski definition) is 2. The number of imide groups is 1. The predicted octanol–water partition coefficient (Wildman–Crippen LogP) is 1.04. The molecule has 8 nitrogen and oxygen atoms in total. The molecule has 3 aliphatic rings. The monoisotopic (exact) mass is 425 g/mol. The second-order valence-electron chi connectivity index (χ2n) is 8.56. The van der Waals surface area contributed by atoms with Gasteiger partial charge in [-0.05, 0) is 36.8 Å². The molecular formula is C23H31N5O3. The van der Waals surface area contributed by atoms with E-state index in [4.69, 9.17) is 0 Å². The van der Waals surface area contributed by atoms with E-state index < -0.39 is 5.54 Å². The van der Waals surface area contributed by atoms with Gasteiger partial charge < -0.3 is 10.6 Å². The number of carbonyl (C=O) groups is 3. The molecule has 1 spiro atoms. The van der Waals surface area contributed by atoms with Crippen LogP contribution in [-0.2, 0) is 21.5 Å². The molecule has 2 aliphatic heterocycles. The molecule has 1 aromatic rings. The zero-order valence-electron chi connectivity index (χ0n) is 17.9. The smallest absolute Gasteiger partial charge is 0.326 e. The number of benzene rings is 1. The Kier molecular flexibility index (Phi) is 6.38. The van der Waals surface area contributed by atoms with Gasteiger partial charge in [-0.1, -0.05) is 30.3 Å². The Bertz CT molecular complexity index is 865. The average molecular weight is 426 g/mol. The molecule has 1 unspecified atom stereocenters. The minimum atomic E-state index is -0.935. The lowest BCUT2D eigenvalue weighted by atomic mass is 9.84. The Balaban J connectivity index is 1.39. The molecule has 1 atom stereocenters. The van der Waals surface area contributed by atoms with Gasteiger partial charge in [-0.3, -0.25) is 19.4 Å². The summed E-state index contributed by atoms with van der Waals surface area (Å²) in [5.41, 5.74) is 1.16. The summed E-state index contributed by atoms with van der Waals surface area (Å²) in [5, 5.41) is 5.84. The van der Waals surface area contributed by atoms with Crippen LogP contribution < -0.4 is 10.6 Å². The topological polar surface area (TPSA) is 85.0 Å². The van der Waals surface area contributed by atoms with Crippen LogP contribution in [0.4, 0.5) is 4.79 Å². The lowest BCUT2D eigenvalue weighted by Gasteiger charge is -2.35. The van der Waals surface area contributed by atoms with Crippen molar-refractivity contribution in [3.63, 3.8) is 0 Å². The molecule has 0 bridgehead atoms. The molecule has 8 heteroatoms. The van der Waals surface area contributed by atoms with E-state index in [1.54, 1.807) is 6.08 Å². The molecule has 2 N–H and O–H groups in total. The summed E-state index contributed by atoms with van der Waals surface area (Å²) in [6, 6.07) is 7.67. The third kappa shape index (κ3) is 4.36. The van der Waals surface area contributed by atoms with Crippen molar-refractivity contribution < 1.29 is 14.4 Å². The summed E-state index contributed by atoms with van der Waals surface area (Å²) < 4.78 is 0. The zero-order valence-corrected chi connectivity index (χ0v) is 17.9. The first-order valence-corrected chi connectivity index (χ1v) is 11.1. The maximum absolute atomic E-state index is 13.5. The maximum atomic E-state index is 13.5. The second kappa shape index (κ2) is 9.20. The molecule has 4 rings (SSSR count). The first-order valence-electron chi connectivity index (χ1n) is 11.1. The fraction of sp³-hybridized carbons (Fsp3) is 0.522. The summed E-state index contributed by atoms with van der Waals surface area (Å²) in [4.78, 5) is 43.9. The minimum absolute atomic E-state index is 0.0172. The molecule has 2 fully saturated rings. The molecule has 2 heterocycles. The predicted molar refractivity (Wildman–Crippen MR) is 117 cm³/mol. The van der Waals surface area contributed by atoms with Crippen molar-refractivity contribution in [2.45, 2.75) is 31.2 Å². The SMILES string of the molecule is C=CCNC(=O)CN1CCN(CN2C(=O)NC3(CCCCc4ccccc43)C2=O)CC1. The first kappa shape index (κ1) is 21.5. The van der Waals surface area contributed by atoms with E-state index in [0.717, 1.165) is 43.5 Å². The van der Waals surface area contributed by atoms with Crippen LogP contribution in [0, 0.1) is 0 Å². The van der Waals surface area contributed by atoms with Crippen LogP contribution in [0.25, 0.3) is 0 Å². The molecule has 166 valence electrons. The third-order valence-corrected chi connectivity index (χ3v) is 6.52. The number of hydrogen-bond acceptors (Lipinski definition) is 5. The highest BCUT2D eigenvalue weighted by Crippen LogP contribution is 2.39. The number of nitrogens with one attached hydrogen (secondary N) is 2. The molecule has 0 radical (unpaired) electrons. The van der Waals surface area contributed by atoms with E-state index in [1.807, 2.05) is 18.2 Å². The molecule has 0 aromatic heterocycles. The van der Waals surface area contributed by atoms with Crippen molar-refractivity contribution in [3.05, 3.63) is 48.0 Å². The number of aryl methyl sites for hydroxylation is 1. The molecule has 31 heavy (non-hydrogen) atoms. The van der Waals surface area contributed by atoms with Crippen LogP contribution in [-0.4, -0.2) is 78.5 Å². The van der Waals surface area contributed by atoms with Crippen LogP contribution >= 0.6 is 0 Å². The second-order valence-corrected chi connectivity index (χ2v) is 8.56. The highest BCUT2D eigenvalue weighted by atomic mass is 16.2. The summed E-state index contributed by atoms with van der Waals surface area (Å²) in [6.07, 6.45) is 5.15. The van der Waals surface area contributed by atoms with Gasteiger partial charge in [0.2, 0.25) is 5.91 Å². The van der Waals surface area contributed by atoms with E-state index in [-0.39, 0.29) is 24.5 Å². The van der Waals surface area contributed by atoms with Gasteiger partial charge in [0.15, 0.2) is 0 Å². The van der Waals surface area contributed by atoms with Crippen molar-refractivity contribution in [1.82, 2.24) is 25.3 Å². The number of rotatable bonds is 6. The molecule has 1 aromatic carbocycles. The van der Waals surface area contributed by atoms with Crippen LogP contribution in [0.1, 0.15) is 30.4 Å². The minimum Gasteiger partial charge on any atom is -0.352 e. The van der Waals surface area contributed by atoms with Gasteiger partial charge in [0.25, 0.3) is 5.91 Å². The van der Waals surface area contributed by atoms with Gasteiger partial charge in [0.1, 0.15) is 5.54 Å². The van der Waals surface area contributed by atoms with Gasteiger partial charge in [0, 0.05) is 32.7 Å². The molecular weight excluding hydrogens is 394 g/mol. The lowest BCUT2D eigenvalue weighted by molar-refractivity contribution is -0.133. The van der Waals surface area contributed by atoms with Crippen molar-refractivity contribution in [2.75, 3.05) is 45.9 Å². The Morgan fingerprint density at radius 2 is 1.87 bits per heavy atom. The van der Waals surface area contributed by atoms with Crippen LogP contribution in [0.2, 0.25) is 0 Å². The summed E-state index contributed by atoms with van der Waals surface area (Å²) in [6.45, 7) is 7.55. The van der Waals surface area contributed by atoms with E-state index in [1.165, 1.54) is 4.90 Å². The van der Waals surface area contributed by atoms with E-state index in [2.05, 4.69) is 33.1 Å². The van der Waals surface area contributed by atoms with E-state index in [9.17, 15) is 14.4 Å². The fourth-order valence-corrected chi connectivity index (χ4v) is 4.84. The Labute approximate surface area is 183 Å². The van der Waals surface area contributed by atoms with E-state index in [0.29, 0.717) is 32.6 Å². The summed E-state index contributed by atoms with van der Waals surface area (Å²) in [7, 11) is 0. The quantitative estimate of drug-likeness (QED) is 0.526. The van der Waals surface area contributed by atoms with Gasteiger partial charge >= 0.3 is 6.03 Å². The number of fused-ring (bicyclic) bond motifs is 2. The van der Waals surface area contributed by atoms with Crippen molar-refractivity contribution in [2.24, 2.45) is 0 Å². The van der Waals surface area contributed by atoms with Crippen LogP contribution in [0.15, 0.2) is 36.9 Å². The number of amides is 4. The molecule has 1 aliphatic carbocycles. The number of nitrogens with zero attached hydrogens (tertiary/aromatic N) is 3. The third-order valence-electron chi connectivity index (χ3n) is 6.52. The standard InChI is InChI=1S/C23H31N5O3/c1-2-11-24-20(29)16-26-12-14-27(15-13-26)17-28-21(30)23(25-22(28)31)10-6-5-8-18-7-3-4-9-19(18)23/h2-4,7,9H,1,5-6,8,10-17H2,(H,24,29)(H,25,31). The largest absolute Gasteiger partial charge is 0.352 e. The molecule has 2 saturated heterocycles. The Hall–Kier alpha value is -2.71. The first-order chi connectivity index (χ1) is 15.0. The van der Waals surface area contributed by atoms with Crippen molar-refractivity contribution >= 4 is 17.8 Å².